The van der Waals surface area contributed by atoms with E-state index in [0.717, 1.165) is 33.8 Å². The summed E-state index contributed by atoms with van der Waals surface area (Å²) in [6, 6.07) is 167. The Morgan fingerprint density at radius 3 is 0.792 bits per heavy atom. The number of fused-ring (bicyclic) bond motifs is 4. The van der Waals surface area contributed by atoms with Gasteiger partial charge in [0.2, 0.25) is 0 Å². The summed E-state index contributed by atoms with van der Waals surface area (Å²) in [4.78, 5) is 17.9. The van der Waals surface area contributed by atoms with Crippen LogP contribution in [-0.4, -0.2) is 24.5 Å². The highest BCUT2D eigenvalue weighted by Crippen LogP contribution is 2.52. The van der Waals surface area contributed by atoms with Gasteiger partial charge in [-0.15, -0.1) is 0 Å². The molecule has 0 N–H and O–H groups in total. The predicted octanol–water partition coefficient (Wildman–Crippen LogP) is 39.5. The summed E-state index contributed by atoms with van der Waals surface area (Å²) in [7, 11) is 0. The van der Waals surface area contributed by atoms with Crippen molar-refractivity contribution in [1.82, 2.24) is 24.5 Å². The van der Waals surface area contributed by atoms with Crippen LogP contribution in [0, 0.1) is 0 Å². The van der Waals surface area contributed by atoms with E-state index in [1.54, 1.807) is 0 Å². The van der Waals surface area contributed by atoms with E-state index in [-0.39, 0.29) is 16.2 Å². The number of rotatable bonds is 13. The lowest BCUT2D eigenvalue weighted by atomic mass is 9.81. The smallest absolute Gasteiger partial charge is 0.0701 e. The number of hydrogen-bond acceptors (Lipinski definition) is 4. The van der Waals surface area contributed by atoms with Crippen LogP contribution in [0.4, 0.5) is 0 Å². The third kappa shape index (κ3) is 16.5. The second kappa shape index (κ2) is 36.5. The number of hydrogen-bond donors (Lipinski definition) is 0. The Hall–Kier alpha value is -18.2. The van der Waals surface area contributed by atoms with Crippen LogP contribution in [-0.2, 0) is 16.2 Å². The Labute approximate surface area is 868 Å². The fourth-order valence-electron chi connectivity index (χ4n) is 23.1. The fourth-order valence-corrected chi connectivity index (χ4v) is 23.1. The van der Waals surface area contributed by atoms with E-state index in [1.165, 1.54) is 252 Å². The van der Waals surface area contributed by atoms with Crippen LogP contribution < -0.4 is 0 Å². The van der Waals surface area contributed by atoms with Crippen LogP contribution in [0.1, 0.15) is 79.0 Å². The third-order valence-electron chi connectivity index (χ3n) is 30.9. The average molecular weight is 1910 g/mol. The molecule has 5 heterocycles. The lowest BCUT2D eigenvalue weighted by Gasteiger charge is -2.23. The summed E-state index contributed by atoms with van der Waals surface area (Å²) in [5.41, 5.74) is 36.2. The summed E-state index contributed by atoms with van der Waals surface area (Å²) in [5, 5.41) is 28.6. The van der Waals surface area contributed by atoms with Gasteiger partial charge in [-0.2, -0.15) is 0 Å². The van der Waals surface area contributed by atoms with Crippen molar-refractivity contribution in [2.24, 2.45) is 0 Å². The molecule has 149 heavy (non-hydrogen) atoms. The zero-order valence-corrected chi connectivity index (χ0v) is 84.9. The van der Waals surface area contributed by atoms with Crippen molar-refractivity contribution in [3.63, 3.8) is 0 Å². The molecule has 5 aromatic heterocycles. The topological polar surface area (TPSA) is 56.5 Å². The van der Waals surface area contributed by atoms with Crippen molar-refractivity contribution in [3.8, 4) is 140 Å². The Balaban J connectivity index is 0.000000113. The number of para-hydroxylation sites is 2. The Morgan fingerprint density at radius 2 is 0.443 bits per heavy atom. The Bertz CT molecular complexity index is 9900. The van der Waals surface area contributed by atoms with Crippen molar-refractivity contribution in [3.05, 3.63) is 503 Å². The largest absolute Gasteiger partial charge is 0.309 e. The second-order valence-electron chi connectivity index (χ2n) is 43.2. The van der Waals surface area contributed by atoms with E-state index in [2.05, 4.69) is 493 Å². The van der Waals surface area contributed by atoms with Gasteiger partial charge in [-0.05, 0) is 338 Å². The second-order valence-corrected chi connectivity index (χ2v) is 43.2. The molecule has 28 aromatic rings. The molecule has 0 bridgehead atoms. The quantitative estimate of drug-likeness (QED) is 0.108. The van der Waals surface area contributed by atoms with Crippen molar-refractivity contribution in [2.75, 3.05) is 0 Å². The van der Waals surface area contributed by atoms with Crippen molar-refractivity contribution in [1.29, 1.82) is 0 Å². The molecule has 0 saturated carbocycles. The van der Waals surface area contributed by atoms with E-state index in [9.17, 15) is 0 Å². The molecule has 0 radical (unpaired) electrons. The molecule has 0 atom stereocenters. The molecule has 5 nitrogen and oxygen atoms in total. The first-order valence-electron chi connectivity index (χ1n) is 51.9. The summed E-state index contributed by atoms with van der Waals surface area (Å²) in [6.07, 6.45) is 9.24. The lowest BCUT2D eigenvalue weighted by Crippen LogP contribution is -2.10. The van der Waals surface area contributed by atoms with Crippen molar-refractivity contribution < 1.29 is 0 Å². The van der Waals surface area contributed by atoms with Gasteiger partial charge in [0.1, 0.15) is 0 Å². The molecule has 28 rings (SSSR count). The fraction of sp³-hybridized carbons (Fsp3) is 0.0833. The number of aromatic nitrogens is 5. The van der Waals surface area contributed by atoms with E-state index >= 15 is 0 Å². The normalized spacial score (nSPS) is 12.1. The van der Waals surface area contributed by atoms with Crippen LogP contribution in [0.25, 0.3) is 269 Å². The first-order chi connectivity index (χ1) is 72.7. The van der Waals surface area contributed by atoms with E-state index in [0.29, 0.717) is 0 Å². The van der Waals surface area contributed by atoms with Gasteiger partial charge in [0.15, 0.2) is 0 Å². The van der Waals surface area contributed by atoms with Crippen molar-refractivity contribution >= 4 is 130 Å². The van der Waals surface area contributed by atoms with Crippen LogP contribution in [0.2, 0.25) is 0 Å². The molecular formula is C144H107N5. The van der Waals surface area contributed by atoms with Gasteiger partial charge in [-0.3, -0.25) is 19.9 Å². The summed E-state index contributed by atoms with van der Waals surface area (Å²) < 4.78 is 2.39. The minimum Gasteiger partial charge on any atom is -0.309 e. The van der Waals surface area contributed by atoms with Gasteiger partial charge in [-0.25, -0.2) is 0 Å². The minimum atomic E-state index is 0.0600. The first kappa shape index (κ1) is 90.8. The van der Waals surface area contributed by atoms with Gasteiger partial charge >= 0.3 is 0 Å². The van der Waals surface area contributed by atoms with Crippen LogP contribution in [0.5, 0.6) is 0 Å². The predicted molar refractivity (Wildman–Crippen MR) is 635 cm³/mol. The lowest BCUT2D eigenvalue weighted by molar-refractivity contribution is 0.591. The van der Waals surface area contributed by atoms with Gasteiger partial charge in [0.25, 0.3) is 0 Å². The zero-order chi connectivity index (χ0) is 100. The third-order valence-corrected chi connectivity index (χ3v) is 30.9. The number of benzene rings is 23. The SMILES string of the molecule is CC(C)(C)c1cc2ccc3c(-c4ccc(-c5ccc(-c6ccncc6)cc5)cc4)cc(-c4ccc(-c5ccccn5)cc4)c4ccc(c1)c2c34.CC(C)(C)c1cc2ccc3c(-c4ccc(-c5ccccn5)cc4)cc(-c4ccc(-c5cccc6ccccc56)cc4)c4ccc(c1)c2c34.CC(C)(C)c1cc2ccc3c(-c4ccc(-c5ccccn5)cc4)cc(-c4ccc5c(c4)c4ccccc4n5-c4ccccc4)c4ccc(c1)c2c34. The molecule has 0 aliphatic rings. The zero-order valence-electron chi connectivity index (χ0n) is 84.9. The molecule has 708 valence electrons. The standard InChI is InChI=1S/C49H36N2.C48H36N2.C47H35N/c1-49(2,3)36-27-34-20-23-39-41(31-16-18-32(19-17-31)44-14-9-10-26-50-44)30-42(40-24-21-35(28-36)47(34)48(39)40)33-22-25-46-43(29-33)38-13-7-8-15-45(38)51(46)37-11-5-4-6-12-37;1-48(2,3)40-28-38-19-21-41-43(35-13-11-32(12-14-35)31-7-9-33(10-8-31)34-23-26-49-27-24-34)30-44(42-22-20-39(29-40)46(38)47(41)42)36-15-17-37(18-16-36)45-6-4-5-25-50-45;1-47(2,3)37-27-35-22-24-40-42(32-16-14-31(15-17-32)39-12-8-10-30-9-4-5-11-38(30)39)29-43(41-25-23-36(28-37)45(35)46(40)41)33-18-20-34(21-19-33)44-13-6-7-26-48-44/h4-30H,1-3H3;4-30H,1-3H3;4-29H,1-3H3. The highest BCUT2D eigenvalue weighted by molar-refractivity contribution is 6.32. The van der Waals surface area contributed by atoms with E-state index in [4.69, 9.17) is 0 Å². The molecule has 0 aliphatic heterocycles. The molecule has 23 aromatic carbocycles. The number of pyridine rings is 4. The maximum Gasteiger partial charge on any atom is 0.0701 e. The average Bonchev–Trinajstić information content (AvgIpc) is 1.28. The van der Waals surface area contributed by atoms with Crippen molar-refractivity contribution in [2.45, 2.75) is 78.6 Å². The number of nitrogens with zero attached hydrogens (tertiary/aromatic N) is 5. The maximum atomic E-state index is 4.60. The molecule has 0 saturated heterocycles. The molecule has 0 fully saturated rings. The Kier molecular flexibility index (Phi) is 22.3. The van der Waals surface area contributed by atoms with Gasteiger partial charge in [-0.1, -0.05) is 420 Å². The maximum absolute atomic E-state index is 4.60. The van der Waals surface area contributed by atoms with Crippen LogP contribution in [0.3, 0.4) is 0 Å². The molecule has 0 amide bonds. The van der Waals surface area contributed by atoms with Gasteiger partial charge < -0.3 is 4.57 Å². The highest BCUT2D eigenvalue weighted by Gasteiger charge is 2.28. The van der Waals surface area contributed by atoms with E-state index in [1.807, 2.05) is 79.5 Å². The molecule has 0 aliphatic carbocycles. The Morgan fingerprint density at radius 1 is 0.161 bits per heavy atom. The van der Waals surface area contributed by atoms with Crippen LogP contribution in [0.15, 0.2) is 486 Å². The molecule has 0 unspecified atom stereocenters. The van der Waals surface area contributed by atoms with E-state index < -0.39 is 0 Å². The van der Waals surface area contributed by atoms with Gasteiger partial charge in [0, 0.05) is 64.1 Å². The summed E-state index contributed by atoms with van der Waals surface area (Å²) in [5.74, 6) is 0. The minimum absolute atomic E-state index is 0.0600. The molecule has 5 heteroatoms. The summed E-state index contributed by atoms with van der Waals surface area (Å²) in [6.45, 7) is 20.7. The first-order valence-corrected chi connectivity index (χ1v) is 51.9. The van der Waals surface area contributed by atoms with Crippen LogP contribution >= 0.6 is 0 Å². The monoisotopic (exact) mass is 1910 g/mol. The molecular weight excluding hydrogens is 1800 g/mol. The molecule has 0 spiro atoms. The summed E-state index contributed by atoms with van der Waals surface area (Å²) >= 11 is 0. The van der Waals surface area contributed by atoms with Gasteiger partial charge in [0.05, 0.1) is 28.1 Å². The highest BCUT2D eigenvalue weighted by atomic mass is 15.0.